The summed E-state index contributed by atoms with van der Waals surface area (Å²) in [6.45, 7) is 0. The molecule has 10 rings (SSSR count). The van der Waals surface area contributed by atoms with Gasteiger partial charge in [0.1, 0.15) is 29.0 Å². The number of rotatable bonds is 7. The molecule has 0 bridgehead atoms. The number of para-hydroxylation sites is 5. The molecule has 0 fully saturated rings. The van der Waals surface area contributed by atoms with Crippen LogP contribution in [-0.2, 0) is 6.42 Å². The Balaban J connectivity index is 0.994. The van der Waals surface area contributed by atoms with Crippen LogP contribution in [-0.4, -0.2) is 21.7 Å². The molecule has 0 spiro atoms. The minimum Gasteiger partial charge on any atom is -0.485 e. The van der Waals surface area contributed by atoms with Gasteiger partial charge in [-0.3, -0.25) is 4.57 Å². The fourth-order valence-corrected chi connectivity index (χ4v) is 7.89. The van der Waals surface area contributed by atoms with Crippen LogP contribution in [0.4, 0.5) is 11.4 Å². The van der Waals surface area contributed by atoms with Gasteiger partial charge in [-0.2, -0.15) is 0 Å². The van der Waals surface area contributed by atoms with Crippen molar-refractivity contribution in [2.75, 3.05) is 4.90 Å². The zero-order chi connectivity index (χ0) is 35.1. The molecule has 5 heteroatoms. The number of fused-ring (bicyclic) bond motifs is 3. The van der Waals surface area contributed by atoms with Gasteiger partial charge in [0.25, 0.3) is 0 Å². The maximum absolute atomic E-state index is 6.48. The highest BCUT2D eigenvalue weighted by Crippen LogP contribution is 2.38. The first kappa shape index (κ1) is 31.2. The molecule has 1 aliphatic carbocycles. The fraction of sp³-hybridized carbons (Fsp3) is 0.104. The molecule has 256 valence electrons. The third kappa shape index (κ3) is 5.81. The van der Waals surface area contributed by atoms with E-state index in [1.54, 1.807) is 0 Å². The molecule has 2 atom stereocenters. The van der Waals surface area contributed by atoms with E-state index in [0.29, 0.717) is 0 Å². The van der Waals surface area contributed by atoms with Crippen molar-refractivity contribution < 1.29 is 9.15 Å². The number of nitrogens with zero attached hydrogens (tertiary/aromatic N) is 3. The van der Waals surface area contributed by atoms with Crippen LogP contribution < -0.4 is 9.64 Å². The van der Waals surface area contributed by atoms with Crippen LogP contribution in [0.2, 0.25) is 0 Å². The van der Waals surface area contributed by atoms with E-state index in [1.807, 2.05) is 30.3 Å². The third-order valence-electron chi connectivity index (χ3n) is 10.6. The zero-order valence-electron chi connectivity index (χ0n) is 29.2. The van der Waals surface area contributed by atoms with Crippen LogP contribution in [0.25, 0.3) is 50.4 Å². The Labute approximate surface area is 308 Å². The summed E-state index contributed by atoms with van der Waals surface area (Å²) in [5.41, 5.74) is 10.9. The Bertz CT molecular complexity index is 2600. The predicted molar refractivity (Wildman–Crippen MR) is 215 cm³/mol. The molecule has 53 heavy (non-hydrogen) atoms. The SMILES string of the molecule is C1=CC(N(c2ccc(-c3cc4ccccc4o3)cc2)c2ccc(-c3nc4ccccc4n3-c3ccccc3)cc2)CC=C1C1CCc2ccccc2O1. The smallest absolute Gasteiger partial charge is 0.145 e. The van der Waals surface area contributed by atoms with Crippen molar-refractivity contribution in [3.05, 3.63) is 187 Å². The van der Waals surface area contributed by atoms with Crippen LogP contribution in [0.1, 0.15) is 18.4 Å². The number of aryl methyl sites for hydroxylation is 1. The number of hydrogen-bond donors (Lipinski definition) is 0. The first-order valence-corrected chi connectivity index (χ1v) is 18.4. The van der Waals surface area contributed by atoms with Crippen molar-refractivity contribution in [2.45, 2.75) is 31.4 Å². The lowest BCUT2D eigenvalue weighted by atomic mass is 9.92. The van der Waals surface area contributed by atoms with Crippen molar-refractivity contribution in [2.24, 2.45) is 0 Å². The van der Waals surface area contributed by atoms with Gasteiger partial charge < -0.3 is 14.1 Å². The molecule has 5 nitrogen and oxygen atoms in total. The molecule has 0 amide bonds. The molecule has 6 aromatic carbocycles. The Morgan fingerprint density at radius 1 is 0.679 bits per heavy atom. The number of benzene rings is 6. The van der Waals surface area contributed by atoms with Gasteiger partial charge >= 0.3 is 0 Å². The van der Waals surface area contributed by atoms with Gasteiger partial charge in [-0.15, -0.1) is 0 Å². The molecule has 2 unspecified atom stereocenters. The monoisotopic (exact) mass is 687 g/mol. The van der Waals surface area contributed by atoms with Gasteiger partial charge in [0, 0.05) is 33.6 Å². The first-order valence-electron chi connectivity index (χ1n) is 18.4. The van der Waals surface area contributed by atoms with Gasteiger partial charge in [0.15, 0.2) is 0 Å². The van der Waals surface area contributed by atoms with E-state index in [9.17, 15) is 0 Å². The summed E-state index contributed by atoms with van der Waals surface area (Å²) in [6, 6.07) is 55.2. The highest BCUT2D eigenvalue weighted by molar-refractivity contribution is 5.85. The summed E-state index contributed by atoms with van der Waals surface area (Å²) in [6.07, 6.45) is 9.94. The predicted octanol–water partition coefficient (Wildman–Crippen LogP) is 11.9. The topological polar surface area (TPSA) is 43.4 Å². The normalized spacial score (nSPS) is 16.6. The molecule has 3 heterocycles. The first-order chi connectivity index (χ1) is 26.2. The molecular formula is C48H37N3O2. The summed E-state index contributed by atoms with van der Waals surface area (Å²) in [5.74, 6) is 2.80. The van der Waals surface area contributed by atoms with Gasteiger partial charge in [0.2, 0.25) is 0 Å². The lowest BCUT2D eigenvalue weighted by Gasteiger charge is -2.35. The minimum absolute atomic E-state index is 0.0711. The van der Waals surface area contributed by atoms with E-state index in [4.69, 9.17) is 14.1 Å². The van der Waals surface area contributed by atoms with Gasteiger partial charge in [-0.05, 0) is 121 Å². The van der Waals surface area contributed by atoms with Crippen molar-refractivity contribution in [3.63, 3.8) is 0 Å². The number of imidazole rings is 1. The summed E-state index contributed by atoms with van der Waals surface area (Å²) in [4.78, 5) is 7.55. The van der Waals surface area contributed by atoms with Crippen LogP contribution in [0.15, 0.2) is 186 Å². The van der Waals surface area contributed by atoms with Crippen molar-refractivity contribution in [3.8, 4) is 34.1 Å². The minimum atomic E-state index is 0.0711. The number of aromatic nitrogens is 2. The van der Waals surface area contributed by atoms with Gasteiger partial charge in [0.05, 0.1) is 17.1 Å². The van der Waals surface area contributed by atoms with E-state index in [-0.39, 0.29) is 12.1 Å². The summed E-state index contributed by atoms with van der Waals surface area (Å²) < 4.78 is 14.9. The lowest BCUT2D eigenvalue weighted by Crippen LogP contribution is -2.32. The zero-order valence-corrected chi connectivity index (χ0v) is 29.2. The Kier molecular flexibility index (Phi) is 7.76. The number of ether oxygens (including phenoxy) is 1. The second kappa shape index (κ2) is 13.2. The number of furan rings is 1. The van der Waals surface area contributed by atoms with Crippen molar-refractivity contribution in [1.82, 2.24) is 9.55 Å². The lowest BCUT2D eigenvalue weighted by molar-refractivity contribution is 0.210. The van der Waals surface area contributed by atoms with Crippen molar-refractivity contribution >= 4 is 33.4 Å². The standard InChI is InChI=1S/C48H37N3O2/c1-2-12-38(13-3-1)51-43-15-7-6-14-42(43)49-48(51)36-22-29-41(30-23-36)50(40-27-20-35(21-28-40)47-32-37-11-5-9-17-45(37)53-47)39-25-18-34(19-26-39)46-31-24-33-10-4-8-16-44(33)52-46/h1-23,25,27-30,32,39,46H,24,26,31H2. The maximum atomic E-state index is 6.48. The number of hydrogen-bond acceptors (Lipinski definition) is 4. The molecule has 0 saturated carbocycles. The van der Waals surface area contributed by atoms with Crippen LogP contribution in [0.3, 0.4) is 0 Å². The molecule has 0 saturated heterocycles. The third-order valence-corrected chi connectivity index (χ3v) is 10.6. The highest BCUT2D eigenvalue weighted by atomic mass is 16.5. The molecule has 0 N–H and O–H groups in total. The summed E-state index contributed by atoms with van der Waals surface area (Å²) in [7, 11) is 0. The highest BCUT2D eigenvalue weighted by Gasteiger charge is 2.26. The van der Waals surface area contributed by atoms with Crippen LogP contribution in [0.5, 0.6) is 5.75 Å². The Morgan fingerprint density at radius 3 is 2.19 bits per heavy atom. The largest absolute Gasteiger partial charge is 0.485 e. The van der Waals surface area contributed by atoms with E-state index < -0.39 is 0 Å². The van der Waals surface area contributed by atoms with E-state index >= 15 is 0 Å². The molecule has 2 aromatic heterocycles. The average Bonchev–Trinajstić information content (AvgIpc) is 3.85. The number of anilines is 2. The molecule has 8 aromatic rings. The second-order valence-corrected chi connectivity index (χ2v) is 13.8. The maximum Gasteiger partial charge on any atom is 0.145 e. The molecule has 2 aliphatic rings. The summed E-state index contributed by atoms with van der Waals surface area (Å²) >= 11 is 0. The van der Waals surface area contributed by atoms with E-state index in [0.717, 1.165) is 86.8 Å². The van der Waals surface area contributed by atoms with E-state index in [2.05, 4.69) is 155 Å². The van der Waals surface area contributed by atoms with Gasteiger partial charge in [-0.1, -0.05) is 85.0 Å². The van der Waals surface area contributed by atoms with E-state index in [1.165, 1.54) is 11.1 Å². The van der Waals surface area contributed by atoms with Gasteiger partial charge in [-0.25, -0.2) is 4.98 Å². The quantitative estimate of drug-likeness (QED) is 0.167. The molecular weight excluding hydrogens is 651 g/mol. The Morgan fingerprint density at radius 2 is 1.40 bits per heavy atom. The van der Waals surface area contributed by atoms with Crippen molar-refractivity contribution in [1.29, 1.82) is 0 Å². The summed E-state index contributed by atoms with van der Waals surface area (Å²) in [5, 5.41) is 1.11. The molecule has 0 radical (unpaired) electrons. The fourth-order valence-electron chi connectivity index (χ4n) is 7.89. The Hall–Kier alpha value is -6.59. The second-order valence-electron chi connectivity index (χ2n) is 13.8. The molecule has 1 aliphatic heterocycles. The van der Waals surface area contributed by atoms with Crippen LogP contribution in [0, 0.1) is 0 Å². The van der Waals surface area contributed by atoms with Crippen LogP contribution >= 0.6 is 0 Å². The average molecular weight is 688 g/mol.